The summed E-state index contributed by atoms with van der Waals surface area (Å²) < 4.78 is 1.78. The molecule has 1 fully saturated rings. The molecular formula is C16H20N4O2. The summed E-state index contributed by atoms with van der Waals surface area (Å²) in [6.07, 6.45) is 2.77. The molecule has 1 aliphatic heterocycles. The number of amides is 1. The molecule has 116 valence electrons. The third-order valence-corrected chi connectivity index (χ3v) is 4.61. The topological polar surface area (TPSA) is 70.4 Å². The van der Waals surface area contributed by atoms with Crippen LogP contribution in [0, 0.1) is 0 Å². The van der Waals surface area contributed by atoms with E-state index in [1.807, 2.05) is 50.4 Å². The molecule has 0 spiro atoms. The minimum absolute atomic E-state index is 0.00535. The summed E-state index contributed by atoms with van der Waals surface area (Å²) >= 11 is 0. The van der Waals surface area contributed by atoms with Crippen molar-refractivity contribution in [3.63, 3.8) is 0 Å². The molecule has 0 aliphatic carbocycles. The van der Waals surface area contributed by atoms with Gasteiger partial charge >= 0.3 is 6.09 Å². The Morgan fingerprint density at radius 2 is 2.14 bits per heavy atom. The summed E-state index contributed by atoms with van der Waals surface area (Å²) in [5.74, 6) is 0. The van der Waals surface area contributed by atoms with Gasteiger partial charge in [0.05, 0.1) is 17.4 Å². The van der Waals surface area contributed by atoms with Gasteiger partial charge in [-0.2, -0.15) is 5.10 Å². The van der Waals surface area contributed by atoms with Gasteiger partial charge in [-0.3, -0.25) is 4.90 Å². The van der Waals surface area contributed by atoms with Crippen LogP contribution in [0.1, 0.15) is 19.4 Å². The minimum Gasteiger partial charge on any atom is -0.465 e. The Morgan fingerprint density at radius 3 is 2.82 bits per heavy atom. The van der Waals surface area contributed by atoms with Gasteiger partial charge in [0, 0.05) is 30.9 Å². The van der Waals surface area contributed by atoms with Gasteiger partial charge in [-0.15, -0.1) is 0 Å². The first kappa shape index (κ1) is 14.6. The number of piperazine rings is 1. The van der Waals surface area contributed by atoms with Gasteiger partial charge < -0.3 is 10.4 Å². The molecule has 1 aromatic heterocycles. The number of carboxylic acid groups (broad SMARTS) is 1. The van der Waals surface area contributed by atoms with E-state index in [9.17, 15) is 9.90 Å². The largest absolute Gasteiger partial charge is 0.465 e. The molecular weight excluding hydrogens is 280 g/mol. The fourth-order valence-electron chi connectivity index (χ4n) is 3.06. The second-order valence-corrected chi connectivity index (χ2v) is 5.77. The van der Waals surface area contributed by atoms with Crippen molar-refractivity contribution < 1.29 is 9.90 Å². The molecule has 22 heavy (non-hydrogen) atoms. The zero-order valence-corrected chi connectivity index (χ0v) is 12.7. The Bertz CT molecular complexity index is 670. The van der Waals surface area contributed by atoms with Crippen molar-refractivity contribution in [2.45, 2.75) is 25.4 Å². The second-order valence-electron chi connectivity index (χ2n) is 5.77. The number of aromatic nitrogens is 2. The summed E-state index contributed by atoms with van der Waals surface area (Å²) in [6.45, 7) is 5.09. The number of benzene rings is 1. The van der Waals surface area contributed by atoms with Gasteiger partial charge in [-0.05, 0) is 26.0 Å². The minimum atomic E-state index is -0.900. The standard InChI is InChI=1S/C16H20N4O2/c1-12-16(2,19(15(21)22)9-8-17-12)13-10-18-20(11-13)14-6-4-3-5-7-14/h3-7,10-12,17H,8-9H2,1-2H3,(H,21,22). The molecule has 2 N–H and O–H groups in total. The van der Waals surface area contributed by atoms with E-state index in [2.05, 4.69) is 10.4 Å². The molecule has 3 rings (SSSR count). The van der Waals surface area contributed by atoms with Crippen LogP contribution in [0.4, 0.5) is 4.79 Å². The van der Waals surface area contributed by atoms with Gasteiger partial charge in [0.15, 0.2) is 0 Å². The Kier molecular flexibility index (Phi) is 3.62. The molecule has 0 bridgehead atoms. The van der Waals surface area contributed by atoms with Gasteiger partial charge in [0.2, 0.25) is 0 Å². The summed E-state index contributed by atoms with van der Waals surface area (Å²) in [5, 5.41) is 17.3. The van der Waals surface area contributed by atoms with E-state index in [1.54, 1.807) is 10.9 Å². The fourth-order valence-corrected chi connectivity index (χ4v) is 3.06. The molecule has 6 heteroatoms. The van der Waals surface area contributed by atoms with E-state index in [4.69, 9.17) is 0 Å². The maximum Gasteiger partial charge on any atom is 0.408 e. The van der Waals surface area contributed by atoms with E-state index in [0.717, 1.165) is 11.3 Å². The van der Waals surface area contributed by atoms with Crippen LogP contribution in [0.15, 0.2) is 42.7 Å². The van der Waals surface area contributed by atoms with Crippen molar-refractivity contribution in [1.82, 2.24) is 20.0 Å². The lowest BCUT2D eigenvalue weighted by molar-refractivity contribution is 0.0399. The van der Waals surface area contributed by atoms with Crippen molar-refractivity contribution in [3.05, 3.63) is 48.3 Å². The highest BCUT2D eigenvalue weighted by Crippen LogP contribution is 2.34. The van der Waals surface area contributed by atoms with E-state index >= 15 is 0 Å². The summed E-state index contributed by atoms with van der Waals surface area (Å²) in [4.78, 5) is 13.1. The summed E-state index contributed by atoms with van der Waals surface area (Å²) in [7, 11) is 0. The van der Waals surface area contributed by atoms with Gasteiger partial charge in [0.25, 0.3) is 0 Å². The Labute approximate surface area is 129 Å². The first-order valence-electron chi connectivity index (χ1n) is 7.38. The monoisotopic (exact) mass is 300 g/mol. The van der Waals surface area contributed by atoms with Crippen LogP contribution in [0.2, 0.25) is 0 Å². The van der Waals surface area contributed by atoms with Crippen molar-refractivity contribution in [3.8, 4) is 5.69 Å². The highest BCUT2D eigenvalue weighted by atomic mass is 16.4. The Morgan fingerprint density at radius 1 is 1.41 bits per heavy atom. The number of rotatable bonds is 2. The molecule has 1 aliphatic rings. The van der Waals surface area contributed by atoms with Crippen molar-refractivity contribution in [2.24, 2.45) is 0 Å². The smallest absolute Gasteiger partial charge is 0.408 e. The quantitative estimate of drug-likeness (QED) is 0.890. The van der Waals surface area contributed by atoms with Crippen LogP contribution < -0.4 is 5.32 Å². The molecule has 2 heterocycles. The number of nitrogens with zero attached hydrogens (tertiary/aromatic N) is 3. The normalized spacial score (nSPS) is 25.2. The average Bonchev–Trinajstić information content (AvgIpc) is 3.01. The zero-order valence-electron chi connectivity index (χ0n) is 12.7. The van der Waals surface area contributed by atoms with Crippen LogP contribution in [-0.4, -0.2) is 45.0 Å². The molecule has 2 unspecified atom stereocenters. The maximum atomic E-state index is 11.6. The maximum absolute atomic E-state index is 11.6. The van der Waals surface area contributed by atoms with Gasteiger partial charge in [0.1, 0.15) is 0 Å². The van der Waals surface area contributed by atoms with E-state index in [-0.39, 0.29) is 6.04 Å². The molecule has 1 aromatic carbocycles. The Hall–Kier alpha value is -2.34. The predicted molar refractivity (Wildman–Crippen MR) is 83.1 cm³/mol. The zero-order chi connectivity index (χ0) is 15.7. The van der Waals surface area contributed by atoms with E-state index in [1.165, 1.54) is 4.90 Å². The molecule has 6 nitrogen and oxygen atoms in total. The lowest BCUT2D eigenvalue weighted by atomic mass is 9.84. The van der Waals surface area contributed by atoms with Crippen LogP contribution >= 0.6 is 0 Å². The van der Waals surface area contributed by atoms with Crippen LogP contribution in [-0.2, 0) is 5.54 Å². The number of carbonyl (C=O) groups is 1. The summed E-state index contributed by atoms with van der Waals surface area (Å²) in [5.41, 5.74) is 1.20. The van der Waals surface area contributed by atoms with Crippen LogP contribution in [0.3, 0.4) is 0 Å². The first-order chi connectivity index (χ1) is 10.5. The van der Waals surface area contributed by atoms with Gasteiger partial charge in [-0.25, -0.2) is 9.48 Å². The third kappa shape index (κ3) is 2.25. The molecule has 1 saturated heterocycles. The van der Waals surface area contributed by atoms with Crippen molar-refractivity contribution in [1.29, 1.82) is 0 Å². The number of para-hydroxylation sites is 1. The van der Waals surface area contributed by atoms with Crippen molar-refractivity contribution >= 4 is 6.09 Å². The predicted octanol–water partition coefficient (Wildman–Crippen LogP) is 2.06. The molecule has 0 radical (unpaired) electrons. The third-order valence-electron chi connectivity index (χ3n) is 4.61. The molecule has 2 atom stereocenters. The van der Waals surface area contributed by atoms with Crippen LogP contribution in [0.5, 0.6) is 0 Å². The number of nitrogens with one attached hydrogen (secondary N) is 1. The lowest BCUT2D eigenvalue weighted by Gasteiger charge is -2.47. The lowest BCUT2D eigenvalue weighted by Crippen LogP contribution is -2.63. The second kappa shape index (κ2) is 5.46. The van der Waals surface area contributed by atoms with Crippen LogP contribution in [0.25, 0.3) is 5.69 Å². The molecule has 2 aromatic rings. The highest BCUT2D eigenvalue weighted by molar-refractivity contribution is 5.67. The fraction of sp³-hybridized carbons (Fsp3) is 0.375. The average molecular weight is 300 g/mol. The molecule has 0 saturated carbocycles. The first-order valence-corrected chi connectivity index (χ1v) is 7.38. The van der Waals surface area contributed by atoms with E-state index < -0.39 is 11.6 Å². The highest BCUT2D eigenvalue weighted by Gasteiger charge is 2.45. The van der Waals surface area contributed by atoms with E-state index in [0.29, 0.717) is 13.1 Å². The van der Waals surface area contributed by atoms with Crippen molar-refractivity contribution in [2.75, 3.05) is 13.1 Å². The molecule has 1 amide bonds. The number of hydrogen-bond donors (Lipinski definition) is 2. The summed E-state index contributed by atoms with van der Waals surface area (Å²) in [6, 6.07) is 9.80. The Balaban J connectivity index is 2.01. The number of hydrogen-bond acceptors (Lipinski definition) is 3. The van der Waals surface area contributed by atoms with Gasteiger partial charge in [-0.1, -0.05) is 18.2 Å². The SMILES string of the molecule is CC1NCCN(C(=O)O)C1(C)c1cnn(-c2ccccc2)c1.